The molecule has 0 N–H and O–H groups in total. The summed E-state index contributed by atoms with van der Waals surface area (Å²) in [5.41, 5.74) is 2.63. The number of fused-ring (bicyclic) bond motifs is 1. The average Bonchev–Trinajstić information content (AvgIpc) is 2.90. The molecule has 25 heavy (non-hydrogen) atoms. The van der Waals surface area contributed by atoms with E-state index in [1.165, 1.54) is 4.52 Å². The van der Waals surface area contributed by atoms with Crippen LogP contribution in [0.2, 0.25) is 15.3 Å². The molecular formula is C17H14Cl3N3O2. The number of nitrogens with zero attached hydrogens (tertiary/aromatic N) is 3. The van der Waals surface area contributed by atoms with Crippen molar-refractivity contribution in [2.75, 3.05) is 6.61 Å². The van der Waals surface area contributed by atoms with E-state index >= 15 is 0 Å². The number of carbonyl (C=O) groups is 1. The highest BCUT2D eigenvalue weighted by Crippen LogP contribution is 2.29. The van der Waals surface area contributed by atoms with Crippen LogP contribution in [0.1, 0.15) is 34.1 Å². The summed E-state index contributed by atoms with van der Waals surface area (Å²) in [7, 11) is 0. The van der Waals surface area contributed by atoms with Crippen LogP contribution in [0.4, 0.5) is 0 Å². The highest BCUT2D eigenvalue weighted by Gasteiger charge is 2.23. The maximum absolute atomic E-state index is 12.2. The zero-order valence-electron chi connectivity index (χ0n) is 13.5. The summed E-state index contributed by atoms with van der Waals surface area (Å²) < 4.78 is 6.48. The van der Waals surface area contributed by atoms with Gasteiger partial charge in [0.2, 0.25) is 0 Å². The van der Waals surface area contributed by atoms with E-state index in [0.29, 0.717) is 27.9 Å². The summed E-state index contributed by atoms with van der Waals surface area (Å²) in [4.78, 5) is 16.5. The predicted molar refractivity (Wildman–Crippen MR) is 98.0 cm³/mol. The van der Waals surface area contributed by atoms with E-state index in [9.17, 15) is 4.79 Å². The Morgan fingerprint density at radius 3 is 2.52 bits per heavy atom. The van der Waals surface area contributed by atoms with Gasteiger partial charge in [0.1, 0.15) is 15.9 Å². The molecule has 0 saturated carbocycles. The molecule has 0 bridgehead atoms. The zero-order chi connectivity index (χ0) is 18.1. The molecule has 0 radical (unpaired) electrons. The monoisotopic (exact) mass is 397 g/mol. The highest BCUT2D eigenvalue weighted by atomic mass is 35.5. The Kier molecular flexibility index (Phi) is 5.18. The SMILES string of the molecule is CCOC(=O)c1c(C)nn2c(Cl)c(Cc3ccc(Cl)cc3)c(Cl)nc12. The van der Waals surface area contributed by atoms with E-state index in [2.05, 4.69) is 10.1 Å². The molecule has 5 nitrogen and oxygen atoms in total. The maximum atomic E-state index is 12.2. The second-order valence-electron chi connectivity index (χ2n) is 5.39. The van der Waals surface area contributed by atoms with Crippen LogP contribution in [0.5, 0.6) is 0 Å². The first kappa shape index (κ1) is 18.0. The largest absolute Gasteiger partial charge is 0.462 e. The molecule has 130 valence electrons. The molecule has 8 heteroatoms. The third kappa shape index (κ3) is 3.45. The molecule has 0 amide bonds. The molecule has 2 heterocycles. The number of ether oxygens (including phenoxy) is 1. The van der Waals surface area contributed by atoms with Gasteiger partial charge in [-0.3, -0.25) is 0 Å². The third-order valence-electron chi connectivity index (χ3n) is 3.70. The Morgan fingerprint density at radius 1 is 1.20 bits per heavy atom. The molecule has 0 aliphatic rings. The lowest BCUT2D eigenvalue weighted by Crippen LogP contribution is -2.07. The first-order valence-corrected chi connectivity index (χ1v) is 8.70. The molecule has 3 aromatic rings. The van der Waals surface area contributed by atoms with Crippen molar-refractivity contribution >= 4 is 46.4 Å². The molecule has 3 rings (SSSR count). The summed E-state index contributed by atoms with van der Waals surface area (Å²) in [5, 5.41) is 5.49. The van der Waals surface area contributed by atoms with Crippen molar-refractivity contribution in [2.24, 2.45) is 0 Å². The number of hydrogen-bond acceptors (Lipinski definition) is 4. The molecule has 1 aromatic carbocycles. The van der Waals surface area contributed by atoms with Gasteiger partial charge in [0.05, 0.1) is 12.3 Å². The van der Waals surface area contributed by atoms with Crippen LogP contribution in [0.3, 0.4) is 0 Å². The third-order valence-corrected chi connectivity index (χ3v) is 4.65. The summed E-state index contributed by atoms with van der Waals surface area (Å²) in [6, 6.07) is 7.36. The summed E-state index contributed by atoms with van der Waals surface area (Å²) in [6.45, 7) is 3.69. The molecule has 0 aliphatic carbocycles. The van der Waals surface area contributed by atoms with Gasteiger partial charge < -0.3 is 4.74 Å². The van der Waals surface area contributed by atoms with Gasteiger partial charge >= 0.3 is 5.97 Å². The fraction of sp³-hybridized carbons (Fsp3) is 0.235. The fourth-order valence-corrected chi connectivity index (χ4v) is 3.21. The lowest BCUT2D eigenvalue weighted by atomic mass is 10.1. The number of aryl methyl sites for hydroxylation is 1. The molecule has 0 atom stereocenters. The summed E-state index contributed by atoms with van der Waals surface area (Å²) in [6.07, 6.45) is 0.464. The Labute approximate surface area is 159 Å². The zero-order valence-corrected chi connectivity index (χ0v) is 15.8. The minimum Gasteiger partial charge on any atom is -0.462 e. The van der Waals surface area contributed by atoms with E-state index in [0.717, 1.165) is 5.56 Å². The standard InChI is InChI=1S/C17H14Cl3N3O2/c1-3-25-17(24)13-9(2)22-23-15(20)12(14(19)21-16(13)23)8-10-4-6-11(18)7-5-10/h4-7H,3,8H2,1-2H3. The van der Waals surface area contributed by atoms with Gasteiger partial charge in [0.25, 0.3) is 0 Å². The smallest absolute Gasteiger partial charge is 0.343 e. The van der Waals surface area contributed by atoms with E-state index in [4.69, 9.17) is 39.5 Å². The average molecular weight is 399 g/mol. The fourth-order valence-electron chi connectivity index (χ4n) is 2.52. The number of halogens is 3. The number of esters is 1. The van der Waals surface area contributed by atoms with Crippen LogP contribution in [0.15, 0.2) is 24.3 Å². The van der Waals surface area contributed by atoms with Crippen LogP contribution in [-0.4, -0.2) is 27.2 Å². The van der Waals surface area contributed by atoms with Crippen molar-refractivity contribution in [1.82, 2.24) is 14.6 Å². The molecule has 0 spiro atoms. The predicted octanol–water partition coefficient (Wildman–Crippen LogP) is 4.77. The molecular weight excluding hydrogens is 385 g/mol. The highest BCUT2D eigenvalue weighted by molar-refractivity contribution is 6.35. The number of aromatic nitrogens is 3. The van der Waals surface area contributed by atoms with Crippen LogP contribution in [0, 0.1) is 6.92 Å². The minimum atomic E-state index is -0.500. The Hall–Kier alpha value is -1.82. The molecule has 0 aliphatic heterocycles. The van der Waals surface area contributed by atoms with Crippen molar-refractivity contribution in [1.29, 1.82) is 0 Å². The van der Waals surface area contributed by atoms with Gasteiger partial charge in [-0.15, -0.1) is 0 Å². The van der Waals surface area contributed by atoms with Gasteiger partial charge in [-0.05, 0) is 31.5 Å². The number of rotatable bonds is 4. The summed E-state index contributed by atoms with van der Waals surface area (Å²) >= 11 is 18.7. The van der Waals surface area contributed by atoms with Gasteiger partial charge in [0.15, 0.2) is 5.65 Å². The van der Waals surface area contributed by atoms with E-state index in [1.807, 2.05) is 12.1 Å². The maximum Gasteiger partial charge on any atom is 0.343 e. The van der Waals surface area contributed by atoms with Crippen molar-refractivity contribution in [3.05, 3.63) is 62.0 Å². The second-order valence-corrected chi connectivity index (χ2v) is 6.54. The Morgan fingerprint density at radius 2 is 1.88 bits per heavy atom. The Balaban J connectivity index is 2.10. The van der Waals surface area contributed by atoms with E-state index in [1.54, 1.807) is 26.0 Å². The van der Waals surface area contributed by atoms with Crippen LogP contribution in [0.25, 0.3) is 5.65 Å². The molecule has 2 aromatic heterocycles. The second kappa shape index (κ2) is 7.20. The summed E-state index contributed by atoms with van der Waals surface area (Å²) in [5.74, 6) is -0.500. The van der Waals surface area contributed by atoms with Crippen molar-refractivity contribution < 1.29 is 9.53 Å². The topological polar surface area (TPSA) is 56.5 Å². The van der Waals surface area contributed by atoms with Crippen molar-refractivity contribution in [3.63, 3.8) is 0 Å². The lowest BCUT2D eigenvalue weighted by molar-refractivity contribution is 0.0527. The van der Waals surface area contributed by atoms with Crippen LogP contribution < -0.4 is 0 Å². The van der Waals surface area contributed by atoms with Gasteiger partial charge in [0, 0.05) is 17.0 Å². The Bertz CT molecular complexity index is 952. The number of hydrogen-bond donors (Lipinski definition) is 0. The lowest BCUT2D eigenvalue weighted by Gasteiger charge is -2.09. The van der Waals surface area contributed by atoms with Crippen molar-refractivity contribution in [2.45, 2.75) is 20.3 Å². The van der Waals surface area contributed by atoms with Crippen LogP contribution >= 0.6 is 34.8 Å². The van der Waals surface area contributed by atoms with Crippen LogP contribution in [-0.2, 0) is 11.2 Å². The van der Waals surface area contributed by atoms with Gasteiger partial charge in [-0.1, -0.05) is 46.9 Å². The van der Waals surface area contributed by atoms with Gasteiger partial charge in [-0.25, -0.2) is 14.3 Å². The first-order valence-electron chi connectivity index (χ1n) is 7.57. The van der Waals surface area contributed by atoms with Crippen molar-refractivity contribution in [3.8, 4) is 0 Å². The molecule has 0 fully saturated rings. The number of benzene rings is 1. The molecule has 0 saturated heterocycles. The van der Waals surface area contributed by atoms with E-state index in [-0.39, 0.29) is 23.0 Å². The number of carbonyl (C=O) groups excluding carboxylic acids is 1. The molecule has 0 unspecified atom stereocenters. The van der Waals surface area contributed by atoms with E-state index < -0.39 is 5.97 Å². The normalized spacial score (nSPS) is 11.1. The quantitative estimate of drug-likeness (QED) is 0.469. The minimum absolute atomic E-state index is 0.220. The first-order chi connectivity index (χ1) is 11.9. The van der Waals surface area contributed by atoms with Gasteiger partial charge in [-0.2, -0.15) is 5.10 Å².